The Kier molecular flexibility index (Phi) is 6.09. The van der Waals surface area contributed by atoms with E-state index >= 15 is 0 Å². The van der Waals surface area contributed by atoms with Crippen LogP contribution in [0.4, 0.5) is 0 Å². The van der Waals surface area contributed by atoms with E-state index in [4.69, 9.17) is 0 Å². The number of piperazine rings is 1. The second-order valence-electron chi connectivity index (χ2n) is 6.83. The smallest absolute Gasteiger partial charge is 0.150 e. The lowest BCUT2D eigenvalue weighted by Gasteiger charge is -2.48. The molecule has 1 aliphatic heterocycles. The second kappa shape index (κ2) is 7.42. The Morgan fingerprint density at radius 2 is 1.95 bits per heavy atom. The Balaban J connectivity index is 1.93. The fourth-order valence-corrected chi connectivity index (χ4v) is 4.84. The zero-order valence-electron chi connectivity index (χ0n) is 13.7. The molecule has 4 nitrogen and oxygen atoms in total. The summed E-state index contributed by atoms with van der Waals surface area (Å²) in [6.07, 6.45) is 8.42. The molecule has 2 rings (SSSR count). The first-order valence-electron chi connectivity index (χ1n) is 8.70. The average molecular weight is 317 g/mol. The largest absolute Gasteiger partial charge is 0.311 e. The van der Waals surface area contributed by atoms with Crippen molar-refractivity contribution in [2.45, 2.75) is 70.4 Å². The Morgan fingerprint density at radius 1 is 1.24 bits per heavy atom. The molecule has 2 fully saturated rings. The van der Waals surface area contributed by atoms with Gasteiger partial charge in [-0.25, -0.2) is 8.42 Å². The molecule has 5 heteroatoms. The van der Waals surface area contributed by atoms with Gasteiger partial charge in [0.2, 0.25) is 0 Å². The van der Waals surface area contributed by atoms with Crippen LogP contribution in [0.2, 0.25) is 0 Å². The second-order valence-corrected chi connectivity index (χ2v) is 9.31. The van der Waals surface area contributed by atoms with Crippen molar-refractivity contribution in [3.63, 3.8) is 0 Å². The Morgan fingerprint density at radius 3 is 2.57 bits per heavy atom. The number of rotatable bonds is 7. The van der Waals surface area contributed by atoms with Crippen LogP contribution in [-0.4, -0.2) is 56.0 Å². The highest BCUT2D eigenvalue weighted by atomic mass is 32.2. The minimum atomic E-state index is -2.82. The molecule has 1 unspecified atom stereocenters. The summed E-state index contributed by atoms with van der Waals surface area (Å²) in [5, 5.41) is 3.74. The SMILES string of the molecule is CCCC1CN(CCCS(=O)(=O)CC)C2(CCCC2)CN1. The third-order valence-corrected chi connectivity index (χ3v) is 7.12. The van der Waals surface area contributed by atoms with E-state index in [2.05, 4.69) is 17.1 Å². The third-order valence-electron chi connectivity index (χ3n) is 5.33. The van der Waals surface area contributed by atoms with Crippen LogP contribution >= 0.6 is 0 Å². The van der Waals surface area contributed by atoms with Crippen LogP contribution in [0, 0.1) is 0 Å². The van der Waals surface area contributed by atoms with E-state index in [9.17, 15) is 8.42 Å². The van der Waals surface area contributed by atoms with E-state index in [1.807, 2.05) is 0 Å². The Bertz CT molecular complexity index is 416. The normalized spacial score (nSPS) is 26.5. The van der Waals surface area contributed by atoms with Crippen molar-refractivity contribution in [2.24, 2.45) is 0 Å². The maximum atomic E-state index is 11.7. The molecule has 1 aliphatic carbocycles. The summed E-state index contributed by atoms with van der Waals surface area (Å²) in [4.78, 5) is 2.63. The molecule has 1 saturated heterocycles. The van der Waals surface area contributed by atoms with Gasteiger partial charge in [-0.3, -0.25) is 4.90 Å². The molecule has 1 atom stereocenters. The molecule has 1 saturated carbocycles. The highest BCUT2D eigenvalue weighted by molar-refractivity contribution is 7.91. The van der Waals surface area contributed by atoms with Crippen molar-refractivity contribution in [3.8, 4) is 0 Å². The zero-order chi connectivity index (χ0) is 15.3. The summed E-state index contributed by atoms with van der Waals surface area (Å²) in [6.45, 7) is 7.12. The van der Waals surface area contributed by atoms with Gasteiger partial charge in [0.25, 0.3) is 0 Å². The van der Waals surface area contributed by atoms with Crippen molar-refractivity contribution in [3.05, 3.63) is 0 Å². The van der Waals surface area contributed by atoms with Gasteiger partial charge in [0.1, 0.15) is 9.84 Å². The highest BCUT2D eigenvalue weighted by Crippen LogP contribution is 2.37. The molecule has 1 spiro atoms. The summed E-state index contributed by atoms with van der Waals surface area (Å²) in [6, 6.07) is 0.587. The first-order chi connectivity index (χ1) is 10.0. The van der Waals surface area contributed by atoms with E-state index < -0.39 is 9.84 Å². The topological polar surface area (TPSA) is 49.4 Å². The van der Waals surface area contributed by atoms with Gasteiger partial charge in [0.15, 0.2) is 0 Å². The maximum Gasteiger partial charge on any atom is 0.150 e. The lowest BCUT2D eigenvalue weighted by molar-refractivity contribution is 0.0413. The Labute approximate surface area is 130 Å². The molecule has 0 aromatic heterocycles. The molecule has 0 bridgehead atoms. The maximum absolute atomic E-state index is 11.7. The third kappa shape index (κ3) is 4.42. The van der Waals surface area contributed by atoms with E-state index in [1.165, 1.54) is 38.5 Å². The number of hydrogen-bond acceptors (Lipinski definition) is 4. The molecule has 0 amide bonds. The molecular formula is C16H32N2O2S. The van der Waals surface area contributed by atoms with E-state index in [0.29, 0.717) is 17.3 Å². The van der Waals surface area contributed by atoms with E-state index in [1.54, 1.807) is 6.92 Å². The van der Waals surface area contributed by atoms with Gasteiger partial charge in [-0.2, -0.15) is 0 Å². The van der Waals surface area contributed by atoms with Crippen molar-refractivity contribution < 1.29 is 8.42 Å². The van der Waals surface area contributed by atoms with Gasteiger partial charge in [-0.1, -0.05) is 33.1 Å². The Hall–Kier alpha value is -0.130. The number of nitrogens with one attached hydrogen (secondary N) is 1. The highest BCUT2D eigenvalue weighted by Gasteiger charge is 2.42. The van der Waals surface area contributed by atoms with Crippen LogP contribution < -0.4 is 5.32 Å². The van der Waals surface area contributed by atoms with Gasteiger partial charge in [-0.05, 0) is 32.2 Å². The van der Waals surface area contributed by atoms with E-state index in [-0.39, 0.29) is 5.75 Å². The van der Waals surface area contributed by atoms with Crippen molar-refractivity contribution in [2.75, 3.05) is 31.1 Å². The fourth-order valence-electron chi connectivity index (χ4n) is 3.99. The molecule has 21 heavy (non-hydrogen) atoms. The minimum absolute atomic E-state index is 0.276. The van der Waals surface area contributed by atoms with Crippen LogP contribution in [0.25, 0.3) is 0 Å². The lowest BCUT2D eigenvalue weighted by atomic mass is 9.90. The van der Waals surface area contributed by atoms with Crippen molar-refractivity contribution in [1.29, 1.82) is 0 Å². The fraction of sp³-hybridized carbons (Fsp3) is 1.00. The molecule has 0 aromatic rings. The average Bonchev–Trinajstić information content (AvgIpc) is 2.92. The molecule has 2 aliphatic rings. The summed E-state index contributed by atoms with van der Waals surface area (Å²) in [5.41, 5.74) is 0.320. The van der Waals surface area contributed by atoms with Crippen LogP contribution in [0.1, 0.15) is 58.8 Å². The van der Waals surface area contributed by atoms with Crippen molar-refractivity contribution >= 4 is 9.84 Å². The summed E-state index contributed by atoms with van der Waals surface area (Å²) < 4.78 is 23.4. The monoisotopic (exact) mass is 316 g/mol. The van der Waals surface area contributed by atoms with Crippen LogP contribution in [0.15, 0.2) is 0 Å². The molecule has 0 radical (unpaired) electrons. The summed E-state index contributed by atoms with van der Waals surface area (Å²) in [7, 11) is -2.82. The summed E-state index contributed by atoms with van der Waals surface area (Å²) in [5.74, 6) is 0.625. The molecule has 1 N–H and O–H groups in total. The minimum Gasteiger partial charge on any atom is -0.311 e. The van der Waals surface area contributed by atoms with Crippen LogP contribution in [0.5, 0.6) is 0 Å². The first kappa shape index (κ1) is 17.2. The zero-order valence-corrected chi connectivity index (χ0v) is 14.6. The number of sulfone groups is 1. The quantitative estimate of drug-likeness (QED) is 0.782. The number of hydrogen-bond donors (Lipinski definition) is 1. The number of nitrogens with zero attached hydrogens (tertiary/aromatic N) is 1. The predicted molar refractivity (Wildman–Crippen MR) is 88.4 cm³/mol. The van der Waals surface area contributed by atoms with Gasteiger partial charge >= 0.3 is 0 Å². The van der Waals surface area contributed by atoms with Gasteiger partial charge in [0.05, 0.1) is 5.75 Å². The van der Waals surface area contributed by atoms with E-state index in [0.717, 1.165) is 26.1 Å². The van der Waals surface area contributed by atoms with Crippen molar-refractivity contribution in [1.82, 2.24) is 10.2 Å². The lowest BCUT2D eigenvalue weighted by Crippen LogP contribution is -2.63. The van der Waals surface area contributed by atoms with Crippen LogP contribution in [0.3, 0.4) is 0 Å². The summed E-state index contributed by atoms with van der Waals surface area (Å²) >= 11 is 0. The van der Waals surface area contributed by atoms with Gasteiger partial charge < -0.3 is 5.32 Å². The van der Waals surface area contributed by atoms with Gasteiger partial charge in [-0.15, -0.1) is 0 Å². The standard InChI is InChI=1S/C16H32N2O2S/c1-3-8-15-13-18(11-7-12-21(19,20)4-2)16(14-17-15)9-5-6-10-16/h15,17H,3-14H2,1-2H3. The molecule has 0 aromatic carbocycles. The molecule has 124 valence electrons. The molecule has 1 heterocycles. The van der Waals surface area contributed by atoms with Crippen LogP contribution in [-0.2, 0) is 9.84 Å². The molecular weight excluding hydrogens is 284 g/mol. The predicted octanol–water partition coefficient (Wildman–Crippen LogP) is 2.20. The van der Waals surface area contributed by atoms with Gasteiger partial charge in [0, 0.05) is 30.4 Å². The first-order valence-corrected chi connectivity index (χ1v) is 10.5.